The third-order valence-corrected chi connectivity index (χ3v) is 3.46. The number of phenolic OH excluding ortho intramolecular Hbond substituents is 1. The fourth-order valence-corrected chi connectivity index (χ4v) is 2.35. The van der Waals surface area contributed by atoms with Gasteiger partial charge >= 0.3 is 0 Å². The Hall–Kier alpha value is -2.50. The highest BCUT2D eigenvalue weighted by molar-refractivity contribution is 5.94. The summed E-state index contributed by atoms with van der Waals surface area (Å²) >= 11 is 0. The van der Waals surface area contributed by atoms with Gasteiger partial charge in [-0.3, -0.25) is 4.79 Å². The summed E-state index contributed by atoms with van der Waals surface area (Å²) in [4.78, 5) is 18.4. The Morgan fingerprint density at radius 3 is 3.00 bits per heavy atom. The summed E-state index contributed by atoms with van der Waals surface area (Å²) in [6, 6.07) is 4.68. The highest BCUT2D eigenvalue weighted by Gasteiger charge is 2.22. The fourth-order valence-electron chi connectivity index (χ4n) is 2.35. The standard InChI is InChI=1S/C14H15N3O3/c1-20-12-3-2-10(8-11(12)18)14(19)17-7-6-16-5-4-15-13(16)9-17/h2-5,8,18H,6-7,9H2,1H3. The molecule has 0 unspecified atom stereocenters. The number of hydrogen-bond acceptors (Lipinski definition) is 4. The zero-order valence-electron chi connectivity index (χ0n) is 11.1. The molecule has 0 saturated heterocycles. The molecule has 1 aliphatic heterocycles. The number of fused-ring (bicyclic) bond motifs is 1. The van der Waals surface area contributed by atoms with E-state index in [0.717, 1.165) is 12.4 Å². The van der Waals surface area contributed by atoms with Gasteiger partial charge in [-0.2, -0.15) is 0 Å². The van der Waals surface area contributed by atoms with E-state index in [-0.39, 0.29) is 11.7 Å². The van der Waals surface area contributed by atoms with Crippen LogP contribution in [0.2, 0.25) is 0 Å². The predicted molar refractivity (Wildman–Crippen MR) is 71.6 cm³/mol. The molecule has 0 aliphatic carbocycles. The van der Waals surface area contributed by atoms with E-state index in [9.17, 15) is 9.90 Å². The van der Waals surface area contributed by atoms with Crippen LogP contribution in [0.25, 0.3) is 0 Å². The van der Waals surface area contributed by atoms with Gasteiger partial charge in [0.25, 0.3) is 5.91 Å². The molecular weight excluding hydrogens is 258 g/mol. The van der Waals surface area contributed by atoms with Crippen molar-refractivity contribution in [2.45, 2.75) is 13.1 Å². The second-order valence-electron chi connectivity index (χ2n) is 4.65. The molecule has 1 amide bonds. The van der Waals surface area contributed by atoms with Crippen molar-refractivity contribution in [2.24, 2.45) is 0 Å². The average molecular weight is 273 g/mol. The van der Waals surface area contributed by atoms with Gasteiger partial charge in [0, 0.05) is 31.0 Å². The molecule has 0 bridgehead atoms. The van der Waals surface area contributed by atoms with Crippen LogP contribution in [0.1, 0.15) is 16.2 Å². The normalized spacial score (nSPS) is 13.9. The molecule has 6 nitrogen and oxygen atoms in total. The SMILES string of the molecule is COc1ccc(C(=O)N2CCn3ccnc3C2)cc1O. The monoisotopic (exact) mass is 273 g/mol. The predicted octanol–water partition coefficient (Wildman–Crippen LogP) is 1.25. The van der Waals surface area contributed by atoms with Crippen molar-refractivity contribution in [2.75, 3.05) is 13.7 Å². The van der Waals surface area contributed by atoms with E-state index < -0.39 is 0 Å². The van der Waals surface area contributed by atoms with E-state index >= 15 is 0 Å². The van der Waals surface area contributed by atoms with Crippen molar-refractivity contribution < 1.29 is 14.6 Å². The second kappa shape index (κ2) is 4.88. The van der Waals surface area contributed by atoms with Crippen LogP contribution in [-0.2, 0) is 13.1 Å². The molecule has 2 heterocycles. The van der Waals surface area contributed by atoms with Gasteiger partial charge in [-0.15, -0.1) is 0 Å². The first kappa shape index (κ1) is 12.5. The lowest BCUT2D eigenvalue weighted by Crippen LogP contribution is -2.38. The van der Waals surface area contributed by atoms with Gasteiger partial charge in [-0.05, 0) is 18.2 Å². The van der Waals surface area contributed by atoms with Crippen LogP contribution in [0, 0.1) is 0 Å². The number of hydrogen-bond donors (Lipinski definition) is 1. The Kier molecular flexibility index (Phi) is 3.06. The van der Waals surface area contributed by atoms with Crippen LogP contribution in [0.15, 0.2) is 30.6 Å². The molecule has 0 saturated carbocycles. The zero-order chi connectivity index (χ0) is 14.1. The van der Waals surface area contributed by atoms with Crippen molar-refractivity contribution in [3.63, 3.8) is 0 Å². The minimum Gasteiger partial charge on any atom is -0.504 e. The molecule has 104 valence electrons. The summed E-state index contributed by atoms with van der Waals surface area (Å²) in [7, 11) is 1.47. The van der Waals surface area contributed by atoms with Gasteiger partial charge in [0.1, 0.15) is 5.82 Å². The smallest absolute Gasteiger partial charge is 0.254 e. The van der Waals surface area contributed by atoms with Crippen LogP contribution in [0.4, 0.5) is 0 Å². The quantitative estimate of drug-likeness (QED) is 0.894. The summed E-state index contributed by atoms with van der Waals surface area (Å²) in [5.41, 5.74) is 0.448. The topological polar surface area (TPSA) is 67.6 Å². The Labute approximate surface area is 116 Å². The molecule has 1 N–H and O–H groups in total. The van der Waals surface area contributed by atoms with Crippen molar-refractivity contribution in [1.29, 1.82) is 0 Å². The summed E-state index contributed by atoms with van der Waals surface area (Å²) < 4.78 is 7.01. The van der Waals surface area contributed by atoms with Crippen LogP contribution in [-0.4, -0.2) is 39.1 Å². The number of aromatic hydroxyl groups is 1. The van der Waals surface area contributed by atoms with Crippen LogP contribution in [0.3, 0.4) is 0 Å². The number of rotatable bonds is 2. The Morgan fingerprint density at radius 2 is 2.25 bits per heavy atom. The number of ether oxygens (including phenoxy) is 1. The molecule has 0 atom stereocenters. The number of carbonyl (C=O) groups excluding carboxylic acids is 1. The number of amides is 1. The highest BCUT2D eigenvalue weighted by Crippen LogP contribution is 2.27. The second-order valence-corrected chi connectivity index (χ2v) is 4.65. The van der Waals surface area contributed by atoms with E-state index in [2.05, 4.69) is 4.98 Å². The Morgan fingerprint density at radius 1 is 1.40 bits per heavy atom. The molecule has 0 spiro atoms. The molecule has 3 rings (SSSR count). The largest absolute Gasteiger partial charge is 0.504 e. The van der Waals surface area contributed by atoms with Gasteiger partial charge in [0.15, 0.2) is 11.5 Å². The van der Waals surface area contributed by atoms with Gasteiger partial charge in [0.2, 0.25) is 0 Å². The zero-order valence-corrected chi connectivity index (χ0v) is 11.1. The summed E-state index contributed by atoms with van der Waals surface area (Å²) in [5.74, 6) is 1.09. The third kappa shape index (κ3) is 2.09. The molecule has 0 radical (unpaired) electrons. The first-order valence-electron chi connectivity index (χ1n) is 6.35. The Balaban J connectivity index is 1.81. The lowest BCUT2D eigenvalue weighted by Gasteiger charge is -2.27. The molecule has 1 aliphatic rings. The number of benzene rings is 1. The molecule has 0 fully saturated rings. The van der Waals surface area contributed by atoms with E-state index in [4.69, 9.17) is 4.74 Å². The molecule has 1 aromatic carbocycles. The number of aromatic nitrogens is 2. The minimum atomic E-state index is -0.114. The van der Waals surface area contributed by atoms with E-state index in [1.54, 1.807) is 23.2 Å². The molecule has 2 aromatic rings. The lowest BCUT2D eigenvalue weighted by molar-refractivity contribution is 0.0707. The van der Waals surface area contributed by atoms with Crippen molar-refractivity contribution in [3.8, 4) is 11.5 Å². The minimum absolute atomic E-state index is 0.0307. The fraction of sp³-hybridized carbons (Fsp3) is 0.286. The number of imidazole rings is 1. The van der Waals surface area contributed by atoms with Crippen LogP contribution < -0.4 is 4.74 Å². The molecule has 1 aromatic heterocycles. The highest BCUT2D eigenvalue weighted by atomic mass is 16.5. The first-order chi connectivity index (χ1) is 9.69. The number of methoxy groups -OCH3 is 1. The van der Waals surface area contributed by atoms with Crippen molar-refractivity contribution >= 4 is 5.91 Å². The number of nitrogens with zero attached hydrogens (tertiary/aromatic N) is 3. The maximum Gasteiger partial charge on any atom is 0.254 e. The molecular formula is C14H15N3O3. The van der Waals surface area contributed by atoms with E-state index in [1.165, 1.54) is 13.2 Å². The summed E-state index contributed by atoms with van der Waals surface area (Å²) in [6.07, 6.45) is 3.65. The average Bonchev–Trinajstić information content (AvgIpc) is 2.93. The maximum absolute atomic E-state index is 12.4. The molecule has 20 heavy (non-hydrogen) atoms. The third-order valence-electron chi connectivity index (χ3n) is 3.46. The van der Waals surface area contributed by atoms with E-state index in [1.807, 2.05) is 10.8 Å². The van der Waals surface area contributed by atoms with Gasteiger partial charge < -0.3 is 19.3 Å². The Bertz CT molecular complexity index is 651. The lowest BCUT2D eigenvalue weighted by atomic mass is 10.1. The van der Waals surface area contributed by atoms with Crippen LogP contribution >= 0.6 is 0 Å². The molecule has 6 heteroatoms. The number of phenols is 1. The summed E-state index contributed by atoms with van der Waals surface area (Å²) in [6.45, 7) is 1.86. The number of carbonyl (C=O) groups is 1. The van der Waals surface area contributed by atoms with Gasteiger partial charge in [-0.25, -0.2) is 4.98 Å². The van der Waals surface area contributed by atoms with Gasteiger partial charge in [0.05, 0.1) is 13.7 Å². The first-order valence-corrected chi connectivity index (χ1v) is 6.35. The maximum atomic E-state index is 12.4. The van der Waals surface area contributed by atoms with Crippen LogP contribution in [0.5, 0.6) is 11.5 Å². The summed E-state index contributed by atoms with van der Waals surface area (Å²) in [5, 5.41) is 9.75. The van der Waals surface area contributed by atoms with Crippen molar-refractivity contribution in [3.05, 3.63) is 42.0 Å². The van der Waals surface area contributed by atoms with Crippen molar-refractivity contribution in [1.82, 2.24) is 14.5 Å². The van der Waals surface area contributed by atoms with E-state index in [0.29, 0.717) is 24.4 Å². The van der Waals surface area contributed by atoms with Gasteiger partial charge in [-0.1, -0.05) is 0 Å².